The van der Waals surface area contributed by atoms with Crippen LogP contribution in [0.4, 0.5) is 0 Å². The van der Waals surface area contributed by atoms with Gasteiger partial charge in [-0.25, -0.2) is 0 Å². The molecule has 0 saturated heterocycles. The van der Waals surface area contributed by atoms with Crippen molar-refractivity contribution in [2.24, 2.45) is 0 Å². The summed E-state index contributed by atoms with van der Waals surface area (Å²) in [7, 11) is 0. The molecule has 1 heterocycles. The molecule has 2 aromatic carbocycles. The Morgan fingerprint density at radius 3 is 2.52 bits per heavy atom. The van der Waals surface area contributed by atoms with Crippen molar-refractivity contribution in [3.8, 4) is 23.0 Å². The summed E-state index contributed by atoms with van der Waals surface area (Å²) in [6, 6.07) is 7.44. The second-order valence-corrected chi connectivity index (χ2v) is 6.41. The van der Waals surface area contributed by atoms with Crippen LogP contribution >= 0.6 is 0 Å². The number of aromatic hydroxyl groups is 3. The van der Waals surface area contributed by atoms with Gasteiger partial charge in [0.05, 0.1) is 12.0 Å². The number of carbonyl (C=O) groups excluding carboxylic acids is 1. The Morgan fingerprint density at radius 2 is 1.84 bits per heavy atom. The number of Topliss-reactive ketones (excluding diaryl/α,β-unsaturated/α-hetero) is 1. The van der Waals surface area contributed by atoms with Crippen LogP contribution in [0.3, 0.4) is 0 Å². The lowest BCUT2D eigenvalue weighted by atomic mass is 9.93. The first-order chi connectivity index (χ1) is 11.9. The Bertz CT molecular complexity index is 863. The standard InChI is InChI=1S/C20H20O5/c1-11(2)3-5-13-15(21)8-6-14-17(23)10-19(25-20(13)14)12-4-7-16(22)18(24)9-12/h3-4,6-9,19,21-22,24H,5,10H2,1-2H3/t19-/m0/s1. The van der Waals surface area contributed by atoms with Crippen LogP contribution in [0, 0.1) is 0 Å². The number of ether oxygens (including phenoxy) is 1. The van der Waals surface area contributed by atoms with E-state index in [4.69, 9.17) is 4.74 Å². The molecule has 0 saturated carbocycles. The molecular weight excluding hydrogens is 320 g/mol. The van der Waals surface area contributed by atoms with Crippen molar-refractivity contribution in [3.05, 3.63) is 58.7 Å². The van der Waals surface area contributed by atoms with Gasteiger partial charge in [-0.15, -0.1) is 0 Å². The van der Waals surface area contributed by atoms with E-state index in [1.807, 2.05) is 19.9 Å². The highest BCUT2D eigenvalue weighted by molar-refractivity contribution is 6.00. The first-order valence-electron chi connectivity index (χ1n) is 8.06. The van der Waals surface area contributed by atoms with E-state index in [1.54, 1.807) is 12.1 Å². The zero-order chi connectivity index (χ0) is 18.1. The van der Waals surface area contributed by atoms with Crippen molar-refractivity contribution >= 4 is 5.78 Å². The molecule has 0 unspecified atom stereocenters. The molecule has 3 rings (SSSR count). The van der Waals surface area contributed by atoms with Crippen LogP contribution in [-0.4, -0.2) is 21.1 Å². The van der Waals surface area contributed by atoms with Gasteiger partial charge < -0.3 is 20.1 Å². The maximum atomic E-state index is 12.5. The predicted octanol–water partition coefficient (Wildman–Crippen LogP) is 4.02. The molecule has 0 aromatic heterocycles. The second-order valence-electron chi connectivity index (χ2n) is 6.41. The molecular formula is C20H20O5. The van der Waals surface area contributed by atoms with Gasteiger partial charge >= 0.3 is 0 Å². The SMILES string of the molecule is CC(C)=CCc1c(O)ccc2c1O[C@H](c1ccc(O)c(O)c1)CC2=O. The van der Waals surface area contributed by atoms with Crippen LogP contribution in [0.1, 0.15) is 47.9 Å². The number of rotatable bonds is 3. The van der Waals surface area contributed by atoms with Crippen molar-refractivity contribution < 1.29 is 24.9 Å². The maximum Gasteiger partial charge on any atom is 0.170 e. The van der Waals surface area contributed by atoms with Gasteiger partial charge in [-0.1, -0.05) is 17.7 Å². The van der Waals surface area contributed by atoms with Crippen LogP contribution in [0.2, 0.25) is 0 Å². The van der Waals surface area contributed by atoms with E-state index < -0.39 is 6.10 Å². The molecule has 1 aliphatic heterocycles. The topological polar surface area (TPSA) is 87.0 Å². The molecule has 0 amide bonds. The molecule has 2 aromatic rings. The van der Waals surface area contributed by atoms with Crippen molar-refractivity contribution in [3.63, 3.8) is 0 Å². The quantitative estimate of drug-likeness (QED) is 0.580. The Balaban J connectivity index is 2.02. The molecule has 0 spiro atoms. The van der Waals surface area contributed by atoms with E-state index in [1.165, 1.54) is 18.2 Å². The lowest BCUT2D eigenvalue weighted by Crippen LogP contribution is -2.21. The van der Waals surface area contributed by atoms with Gasteiger partial charge in [-0.2, -0.15) is 0 Å². The molecule has 1 aliphatic rings. The van der Waals surface area contributed by atoms with Crippen molar-refractivity contribution in [1.82, 2.24) is 0 Å². The van der Waals surface area contributed by atoms with Crippen molar-refractivity contribution in [2.45, 2.75) is 32.8 Å². The lowest BCUT2D eigenvalue weighted by Gasteiger charge is -2.27. The third kappa shape index (κ3) is 3.31. The van der Waals surface area contributed by atoms with Crippen LogP contribution in [-0.2, 0) is 6.42 Å². The van der Waals surface area contributed by atoms with Gasteiger partial charge in [0.15, 0.2) is 17.3 Å². The average molecular weight is 340 g/mol. The van der Waals surface area contributed by atoms with Crippen LogP contribution < -0.4 is 4.74 Å². The van der Waals surface area contributed by atoms with Gasteiger partial charge in [0.1, 0.15) is 17.6 Å². The van der Waals surface area contributed by atoms with E-state index in [0.717, 1.165) is 5.57 Å². The van der Waals surface area contributed by atoms with Crippen molar-refractivity contribution in [1.29, 1.82) is 0 Å². The highest BCUT2D eigenvalue weighted by Crippen LogP contribution is 2.42. The summed E-state index contributed by atoms with van der Waals surface area (Å²) < 4.78 is 6.02. The van der Waals surface area contributed by atoms with E-state index in [-0.39, 0.29) is 29.5 Å². The molecule has 5 heteroatoms. The number of fused-ring (bicyclic) bond motifs is 1. The number of ketones is 1. The van der Waals surface area contributed by atoms with E-state index in [9.17, 15) is 20.1 Å². The number of hydrogen-bond acceptors (Lipinski definition) is 5. The Kier molecular flexibility index (Phi) is 4.40. The lowest BCUT2D eigenvalue weighted by molar-refractivity contribution is 0.0847. The zero-order valence-electron chi connectivity index (χ0n) is 14.1. The van der Waals surface area contributed by atoms with Crippen LogP contribution in [0.15, 0.2) is 42.0 Å². The smallest absolute Gasteiger partial charge is 0.170 e. The number of phenolic OH excluding ortho intramolecular Hbond substituents is 3. The summed E-state index contributed by atoms with van der Waals surface area (Å²) in [5.74, 6) is -0.116. The largest absolute Gasteiger partial charge is 0.508 e. The first-order valence-corrected chi connectivity index (χ1v) is 8.06. The highest BCUT2D eigenvalue weighted by atomic mass is 16.5. The first kappa shape index (κ1) is 16.9. The minimum atomic E-state index is -0.584. The summed E-state index contributed by atoms with van der Waals surface area (Å²) >= 11 is 0. The van der Waals surface area contributed by atoms with Crippen LogP contribution in [0.5, 0.6) is 23.0 Å². The van der Waals surface area contributed by atoms with Crippen molar-refractivity contribution in [2.75, 3.05) is 0 Å². The second kappa shape index (κ2) is 6.51. The third-order valence-corrected chi connectivity index (χ3v) is 4.25. The predicted molar refractivity (Wildman–Crippen MR) is 93.3 cm³/mol. The van der Waals surface area contributed by atoms with Gasteiger partial charge in [0, 0.05) is 5.56 Å². The van der Waals surface area contributed by atoms with E-state index >= 15 is 0 Å². The molecule has 25 heavy (non-hydrogen) atoms. The van der Waals surface area contributed by atoms with Crippen LogP contribution in [0.25, 0.3) is 0 Å². The van der Waals surface area contributed by atoms with E-state index in [0.29, 0.717) is 28.9 Å². The molecule has 0 aliphatic carbocycles. The molecule has 130 valence electrons. The Labute approximate surface area is 145 Å². The number of carbonyl (C=O) groups is 1. The summed E-state index contributed by atoms with van der Waals surface area (Å²) in [5.41, 5.74) is 2.71. The molecule has 0 radical (unpaired) electrons. The van der Waals surface area contributed by atoms with Gasteiger partial charge in [0.25, 0.3) is 0 Å². The Hall–Kier alpha value is -2.95. The highest BCUT2D eigenvalue weighted by Gasteiger charge is 2.30. The van der Waals surface area contributed by atoms with Gasteiger partial charge in [0.2, 0.25) is 0 Å². The summed E-state index contributed by atoms with van der Waals surface area (Å²) in [6.07, 6.45) is 1.96. The Morgan fingerprint density at radius 1 is 1.12 bits per heavy atom. The minimum absolute atomic E-state index is 0.0817. The van der Waals surface area contributed by atoms with Gasteiger partial charge in [-0.3, -0.25) is 4.79 Å². The summed E-state index contributed by atoms with van der Waals surface area (Å²) in [6.45, 7) is 3.92. The average Bonchev–Trinajstić information content (AvgIpc) is 2.56. The molecule has 3 N–H and O–H groups in total. The monoisotopic (exact) mass is 340 g/mol. The zero-order valence-corrected chi connectivity index (χ0v) is 14.1. The number of allylic oxidation sites excluding steroid dienone is 2. The molecule has 5 nitrogen and oxygen atoms in total. The number of benzene rings is 2. The molecule has 0 fully saturated rings. The molecule has 1 atom stereocenters. The van der Waals surface area contributed by atoms with Gasteiger partial charge in [-0.05, 0) is 50.1 Å². The normalized spacial score (nSPS) is 16.1. The minimum Gasteiger partial charge on any atom is -0.508 e. The molecule has 0 bridgehead atoms. The van der Waals surface area contributed by atoms with E-state index in [2.05, 4.69) is 0 Å². The number of phenols is 3. The fourth-order valence-electron chi connectivity index (χ4n) is 2.86. The number of hydrogen-bond donors (Lipinski definition) is 3. The third-order valence-electron chi connectivity index (χ3n) is 4.25. The fraction of sp³-hybridized carbons (Fsp3) is 0.250. The maximum absolute atomic E-state index is 12.5. The summed E-state index contributed by atoms with van der Waals surface area (Å²) in [4.78, 5) is 12.5. The summed E-state index contributed by atoms with van der Waals surface area (Å²) in [5, 5.41) is 29.4. The fourth-order valence-corrected chi connectivity index (χ4v) is 2.86.